The smallest absolute Gasteiger partial charge is 0.323 e. The molecule has 0 bridgehead atoms. The Morgan fingerprint density at radius 1 is 0.974 bits per heavy atom. The highest BCUT2D eigenvalue weighted by Crippen LogP contribution is 2.16. The van der Waals surface area contributed by atoms with Gasteiger partial charge in [0, 0.05) is 18.9 Å². The van der Waals surface area contributed by atoms with Gasteiger partial charge in [0.15, 0.2) is 5.65 Å². The quantitative estimate of drug-likeness (QED) is 0.181. The molecule has 2 aromatic heterocycles. The summed E-state index contributed by atoms with van der Waals surface area (Å²) < 4.78 is 13.0. The van der Waals surface area contributed by atoms with Crippen LogP contribution >= 0.6 is 0 Å². The highest BCUT2D eigenvalue weighted by atomic mass is 16.5. The fourth-order valence-electron chi connectivity index (χ4n) is 4.21. The van der Waals surface area contributed by atoms with E-state index in [-0.39, 0.29) is 37.0 Å². The van der Waals surface area contributed by atoms with E-state index in [1.807, 2.05) is 18.4 Å². The fraction of sp³-hybridized carbons (Fsp3) is 0.750. The van der Waals surface area contributed by atoms with Crippen molar-refractivity contribution in [3.05, 3.63) is 12.5 Å². The molecule has 2 heterocycles. The van der Waals surface area contributed by atoms with Crippen LogP contribution in [0.3, 0.4) is 0 Å². The lowest BCUT2D eigenvalue weighted by atomic mass is 10.0. The Morgan fingerprint density at radius 2 is 1.63 bits per heavy atom. The van der Waals surface area contributed by atoms with Gasteiger partial charge in [-0.1, -0.05) is 78.6 Å². The zero-order valence-corrected chi connectivity index (χ0v) is 23.6. The van der Waals surface area contributed by atoms with E-state index in [0.29, 0.717) is 30.6 Å². The number of ether oxygens (including phenoxy) is 2. The zero-order chi connectivity index (χ0) is 27.8. The summed E-state index contributed by atoms with van der Waals surface area (Å²) in [6.45, 7) is 6.98. The number of aromatic nitrogens is 4. The maximum atomic E-state index is 12.4. The Hall–Kier alpha value is -2.75. The van der Waals surface area contributed by atoms with Crippen molar-refractivity contribution in [1.82, 2.24) is 19.5 Å². The number of aryl methyl sites for hydroxylation is 1. The molecule has 0 saturated heterocycles. The second-order valence-electron chi connectivity index (χ2n) is 10.3. The van der Waals surface area contributed by atoms with Crippen LogP contribution in [0.4, 0.5) is 5.95 Å². The van der Waals surface area contributed by atoms with E-state index in [1.54, 1.807) is 12.5 Å². The first-order valence-corrected chi connectivity index (χ1v) is 14.4. The van der Waals surface area contributed by atoms with Gasteiger partial charge in [-0.2, -0.15) is 4.98 Å². The maximum Gasteiger partial charge on any atom is 0.323 e. The lowest BCUT2D eigenvalue weighted by Crippen LogP contribution is -2.39. The van der Waals surface area contributed by atoms with E-state index >= 15 is 0 Å². The minimum absolute atomic E-state index is 0.0255. The van der Waals surface area contributed by atoms with Crippen molar-refractivity contribution in [3.8, 4) is 0 Å². The number of anilines is 1. The lowest BCUT2D eigenvalue weighted by Gasteiger charge is -2.21. The number of unbranched alkanes of at least 4 members (excludes halogenated alkanes) is 8. The summed E-state index contributed by atoms with van der Waals surface area (Å²) in [4.78, 5) is 37.4. The normalized spacial score (nSPS) is 13.8. The summed E-state index contributed by atoms with van der Waals surface area (Å²) in [5.41, 5.74) is 13.0. The number of carbonyl (C=O) groups excluding carboxylic acids is 2. The standard InChI is InChI=1S/C28H48N6O4/c1-4-6-7-8-9-10-11-12-13-14-24(35)37-18-22(19-38-27(36)25(29)21(3)5-2)15-16-34-20-32-23-17-31-28(30)33-26(23)34/h17,20-22,25H,4-16,18-19,29H2,1-3H3,(H2,30,31,33)/t21-,22?,25-/m0/s1. The van der Waals surface area contributed by atoms with E-state index in [2.05, 4.69) is 21.9 Å². The molecule has 0 amide bonds. The van der Waals surface area contributed by atoms with Crippen molar-refractivity contribution in [2.24, 2.45) is 17.6 Å². The van der Waals surface area contributed by atoms with Crippen LogP contribution in [-0.4, -0.2) is 50.7 Å². The number of nitrogens with zero attached hydrogens (tertiary/aromatic N) is 4. The Bertz CT molecular complexity index is 966. The zero-order valence-electron chi connectivity index (χ0n) is 23.6. The van der Waals surface area contributed by atoms with Crippen molar-refractivity contribution in [1.29, 1.82) is 0 Å². The molecule has 4 N–H and O–H groups in total. The number of esters is 2. The van der Waals surface area contributed by atoms with Crippen molar-refractivity contribution < 1.29 is 19.1 Å². The highest BCUT2D eigenvalue weighted by Gasteiger charge is 2.23. The van der Waals surface area contributed by atoms with E-state index < -0.39 is 12.0 Å². The number of hydrogen-bond acceptors (Lipinski definition) is 9. The molecule has 214 valence electrons. The molecule has 0 aliphatic heterocycles. The summed E-state index contributed by atoms with van der Waals surface area (Å²) in [7, 11) is 0. The van der Waals surface area contributed by atoms with E-state index in [0.717, 1.165) is 25.7 Å². The first-order valence-electron chi connectivity index (χ1n) is 14.4. The Kier molecular flexibility index (Phi) is 14.7. The number of hydrogen-bond donors (Lipinski definition) is 2. The summed E-state index contributed by atoms with van der Waals surface area (Å²) in [5, 5.41) is 0. The second-order valence-corrected chi connectivity index (χ2v) is 10.3. The summed E-state index contributed by atoms with van der Waals surface area (Å²) in [6, 6.07) is -0.674. The largest absolute Gasteiger partial charge is 0.465 e. The van der Waals surface area contributed by atoms with E-state index in [9.17, 15) is 9.59 Å². The molecule has 0 radical (unpaired) electrons. The van der Waals surface area contributed by atoms with Gasteiger partial charge in [0.25, 0.3) is 0 Å². The van der Waals surface area contributed by atoms with Crippen LogP contribution in [0.2, 0.25) is 0 Å². The van der Waals surface area contributed by atoms with Gasteiger partial charge < -0.3 is 25.5 Å². The number of imidazole rings is 1. The van der Waals surface area contributed by atoms with Crippen molar-refractivity contribution in [3.63, 3.8) is 0 Å². The van der Waals surface area contributed by atoms with Crippen LogP contribution in [0.15, 0.2) is 12.5 Å². The topological polar surface area (TPSA) is 148 Å². The first-order chi connectivity index (χ1) is 18.3. The average Bonchev–Trinajstić information content (AvgIpc) is 3.32. The van der Waals surface area contributed by atoms with E-state index in [4.69, 9.17) is 20.9 Å². The lowest BCUT2D eigenvalue weighted by molar-refractivity contribution is -0.151. The van der Waals surface area contributed by atoms with Crippen LogP contribution in [0, 0.1) is 11.8 Å². The predicted octanol–water partition coefficient (Wildman–Crippen LogP) is 4.80. The maximum absolute atomic E-state index is 12.4. The molecule has 0 aliphatic rings. The molecule has 0 fully saturated rings. The van der Waals surface area contributed by atoms with Gasteiger partial charge in [0.1, 0.15) is 11.6 Å². The molecule has 0 aromatic carbocycles. The number of fused-ring (bicyclic) bond motifs is 1. The molecule has 3 atom stereocenters. The number of nitrogens with two attached hydrogens (primary N) is 2. The monoisotopic (exact) mass is 532 g/mol. The van der Waals surface area contributed by atoms with Crippen LogP contribution in [0.1, 0.15) is 97.8 Å². The van der Waals surface area contributed by atoms with E-state index in [1.165, 1.54) is 38.5 Å². The third-order valence-corrected chi connectivity index (χ3v) is 7.11. The number of nitrogen functional groups attached to an aromatic ring is 1. The van der Waals surface area contributed by atoms with Crippen LogP contribution in [0.25, 0.3) is 11.2 Å². The Morgan fingerprint density at radius 3 is 2.32 bits per heavy atom. The first kappa shape index (κ1) is 31.5. The molecule has 2 aromatic rings. The Balaban J connectivity index is 1.82. The minimum Gasteiger partial charge on any atom is -0.465 e. The molecule has 1 unspecified atom stereocenters. The molecule has 0 saturated carbocycles. The molecule has 10 heteroatoms. The molecule has 0 aliphatic carbocycles. The molecule has 10 nitrogen and oxygen atoms in total. The van der Waals surface area contributed by atoms with Crippen molar-refractivity contribution >= 4 is 29.1 Å². The van der Waals surface area contributed by atoms with Gasteiger partial charge in [0.05, 0.1) is 25.7 Å². The van der Waals surface area contributed by atoms with Crippen molar-refractivity contribution in [2.45, 2.75) is 110 Å². The van der Waals surface area contributed by atoms with Crippen LogP contribution in [0.5, 0.6) is 0 Å². The van der Waals surface area contributed by atoms with Crippen molar-refractivity contribution in [2.75, 3.05) is 18.9 Å². The van der Waals surface area contributed by atoms with Gasteiger partial charge in [0.2, 0.25) is 5.95 Å². The fourth-order valence-corrected chi connectivity index (χ4v) is 4.21. The minimum atomic E-state index is -0.674. The molecular weight excluding hydrogens is 484 g/mol. The number of rotatable bonds is 20. The summed E-state index contributed by atoms with van der Waals surface area (Å²) in [5.74, 6) is -0.633. The van der Waals surface area contributed by atoms with Gasteiger partial charge in [-0.3, -0.25) is 9.59 Å². The number of carbonyl (C=O) groups is 2. The van der Waals surface area contributed by atoms with Crippen LogP contribution < -0.4 is 11.5 Å². The second kappa shape index (κ2) is 17.7. The third kappa shape index (κ3) is 11.3. The SMILES string of the molecule is CCCCCCCCCCCC(=O)OCC(CCn1cnc2cnc(N)nc21)COC(=O)[C@@H](N)[C@@H](C)CC. The molecule has 38 heavy (non-hydrogen) atoms. The molecular formula is C28H48N6O4. The molecule has 2 rings (SSSR count). The van der Waals surface area contributed by atoms with Gasteiger partial charge >= 0.3 is 11.9 Å². The summed E-state index contributed by atoms with van der Waals surface area (Å²) in [6.07, 6.45) is 15.8. The van der Waals surface area contributed by atoms with Gasteiger partial charge in [-0.15, -0.1) is 0 Å². The van der Waals surface area contributed by atoms with Gasteiger partial charge in [-0.05, 0) is 18.8 Å². The third-order valence-electron chi connectivity index (χ3n) is 7.11. The predicted molar refractivity (Wildman–Crippen MR) is 149 cm³/mol. The van der Waals surface area contributed by atoms with Gasteiger partial charge in [-0.25, -0.2) is 9.97 Å². The van der Waals surface area contributed by atoms with Crippen LogP contribution in [-0.2, 0) is 25.6 Å². The highest BCUT2D eigenvalue weighted by molar-refractivity contribution is 5.75. The average molecular weight is 533 g/mol. The molecule has 0 spiro atoms. The summed E-state index contributed by atoms with van der Waals surface area (Å²) >= 11 is 0. The Labute approximate surface area is 227 Å².